The quantitative estimate of drug-likeness (QED) is 0.277. The Bertz CT molecular complexity index is 1960. The van der Waals surface area contributed by atoms with Gasteiger partial charge in [-0.1, -0.05) is 35.4 Å². The second-order valence-corrected chi connectivity index (χ2v) is 13.0. The summed E-state index contributed by atoms with van der Waals surface area (Å²) in [5, 5.41) is 20.5. The first kappa shape index (κ1) is 30.6. The number of ether oxygens (including phenoxy) is 1. The molecule has 3 aromatic rings. The monoisotopic (exact) mass is 658 g/mol. The number of fused-ring (bicyclic) bond motifs is 4. The van der Waals surface area contributed by atoms with Crippen LogP contribution >= 0.6 is 11.6 Å². The average Bonchev–Trinajstić information content (AvgIpc) is 3.42. The van der Waals surface area contributed by atoms with Crippen LogP contribution in [0.2, 0.25) is 5.02 Å². The smallest absolute Gasteiger partial charge is 0.335 e. The fraction of sp³-hybridized carbons (Fsp3) is 0.286. The zero-order valence-corrected chi connectivity index (χ0v) is 25.9. The van der Waals surface area contributed by atoms with Crippen molar-refractivity contribution in [2.45, 2.75) is 25.7 Å². The molecule has 6 unspecified atom stereocenters. The maximum Gasteiger partial charge on any atom is 0.335 e. The number of methoxy groups -OCH3 is 1. The number of allylic oxidation sites excluding steroid dienone is 2. The summed E-state index contributed by atoms with van der Waals surface area (Å²) in [4.78, 5) is 70.4. The number of carboxylic acid groups (broad SMARTS) is 1. The lowest BCUT2D eigenvalue weighted by atomic mass is 9.51. The van der Waals surface area contributed by atoms with E-state index in [2.05, 4.69) is 0 Å². The standard InChI is InChI=1S/C35H28ClFN2O8/c1-35-24(31(42)39(34(35)46)18-6-11-26(37)25(36)13-18)15-23-20(29(35)21-8-7-19(47-2)14-27(21)40)9-10-22-28(23)32(43)38(30(22)41)17-5-3-4-16(12-17)33(44)45/h3-9,11-14,22-24,28-29,40H,10,15H2,1-2H3,(H,44,45). The number of aromatic carboxylic acids is 1. The van der Waals surface area contributed by atoms with Gasteiger partial charge in [0.2, 0.25) is 23.6 Å². The van der Waals surface area contributed by atoms with Crippen molar-refractivity contribution in [3.05, 3.63) is 94.3 Å². The molecule has 2 N–H and O–H groups in total. The highest BCUT2D eigenvalue weighted by molar-refractivity contribution is 6.32. The molecule has 0 aromatic heterocycles. The molecule has 4 aliphatic rings. The maximum atomic E-state index is 14.5. The van der Waals surface area contributed by atoms with Gasteiger partial charge < -0.3 is 14.9 Å². The van der Waals surface area contributed by atoms with Gasteiger partial charge in [0.15, 0.2) is 0 Å². The highest BCUT2D eigenvalue weighted by Gasteiger charge is 2.68. The lowest BCUT2D eigenvalue weighted by Gasteiger charge is -2.49. The zero-order valence-electron chi connectivity index (χ0n) is 25.1. The molecule has 10 nitrogen and oxygen atoms in total. The number of carbonyl (C=O) groups excluding carboxylic acids is 4. The van der Waals surface area contributed by atoms with Gasteiger partial charge >= 0.3 is 5.97 Å². The third-order valence-electron chi connectivity index (χ3n) is 10.3. The third-order valence-corrected chi connectivity index (χ3v) is 10.6. The minimum atomic E-state index is -1.44. The molecule has 3 fully saturated rings. The molecule has 3 aromatic carbocycles. The summed E-state index contributed by atoms with van der Waals surface area (Å²) < 4.78 is 19.4. The Morgan fingerprint density at radius 3 is 2.38 bits per heavy atom. The molecule has 47 heavy (non-hydrogen) atoms. The van der Waals surface area contributed by atoms with Gasteiger partial charge in [0.05, 0.1) is 52.2 Å². The Morgan fingerprint density at radius 2 is 1.70 bits per heavy atom. The number of carboxylic acids is 1. The number of anilines is 2. The van der Waals surface area contributed by atoms with Crippen molar-refractivity contribution in [1.82, 2.24) is 0 Å². The van der Waals surface area contributed by atoms with Gasteiger partial charge in [-0.2, -0.15) is 0 Å². The highest BCUT2D eigenvalue weighted by Crippen LogP contribution is 2.64. The number of phenolic OH excluding ortho intramolecular Hbond substituents is 1. The van der Waals surface area contributed by atoms with Crippen molar-refractivity contribution in [3.63, 3.8) is 0 Å². The molecule has 6 atom stereocenters. The van der Waals surface area contributed by atoms with E-state index in [-0.39, 0.29) is 40.6 Å². The van der Waals surface area contributed by atoms with Gasteiger partial charge in [-0.25, -0.2) is 14.1 Å². The summed E-state index contributed by atoms with van der Waals surface area (Å²) in [6, 6.07) is 13.8. The SMILES string of the molecule is COc1ccc(C2C3=CCC4C(=O)N(c5cccc(C(=O)O)c5)C(=O)C4C3CC3C(=O)N(c4ccc(F)c(Cl)c4)C(=O)C32C)c(O)c1. The topological polar surface area (TPSA) is 142 Å². The minimum absolute atomic E-state index is 0.0505. The summed E-state index contributed by atoms with van der Waals surface area (Å²) >= 11 is 6.05. The van der Waals surface area contributed by atoms with Crippen molar-refractivity contribution >= 4 is 52.6 Å². The van der Waals surface area contributed by atoms with Crippen LogP contribution in [-0.4, -0.2) is 46.9 Å². The van der Waals surface area contributed by atoms with Crippen molar-refractivity contribution in [2.24, 2.45) is 29.1 Å². The van der Waals surface area contributed by atoms with Gasteiger partial charge in [0.25, 0.3) is 0 Å². The van der Waals surface area contributed by atoms with Gasteiger partial charge in [-0.05, 0) is 68.1 Å². The molecule has 0 spiro atoms. The van der Waals surface area contributed by atoms with Crippen LogP contribution in [-0.2, 0) is 19.2 Å². The van der Waals surface area contributed by atoms with E-state index < -0.39 is 70.4 Å². The van der Waals surface area contributed by atoms with Crippen LogP contribution in [0.1, 0.15) is 41.6 Å². The van der Waals surface area contributed by atoms with Crippen molar-refractivity contribution in [1.29, 1.82) is 0 Å². The van der Waals surface area contributed by atoms with Crippen molar-refractivity contribution in [2.75, 3.05) is 16.9 Å². The number of halogens is 2. The van der Waals surface area contributed by atoms with E-state index >= 15 is 0 Å². The first-order valence-electron chi connectivity index (χ1n) is 15.0. The molecule has 1 saturated carbocycles. The molecule has 12 heteroatoms. The number of carbonyl (C=O) groups is 5. The Morgan fingerprint density at radius 1 is 0.957 bits per heavy atom. The second kappa shape index (κ2) is 10.8. The number of hydrogen-bond acceptors (Lipinski definition) is 7. The van der Waals surface area contributed by atoms with E-state index in [1.54, 1.807) is 19.1 Å². The number of imide groups is 2. The van der Waals surface area contributed by atoms with Crippen molar-refractivity contribution in [3.8, 4) is 11.5 Å². The van der Waals surface area contributed by atoms with Gasteiger partial charge in [-0.3, -0.25) is 24.1 Å². The van der Waals surface area contributed by atoms with Crippen LogP contribution in [0.15, 0.2) is 72.3 Å². The number of hydrogen-bond donors (Lipinski definition) is 2. The summed E-state index contributed by atoms with van der Waals surface area (Å²) in [6.45, 7) is 1.66. The molecule has 240 valence electrons. The van der Waals surface area contributed by atoms with E-state index in [4.69, 9.17) is 16.3 Å². The molecular formula is C35H28ClFN2O8. The Balaban J connectivity index is 1.37. The minimum Gasteiger partial charge on any atom is -0.508 e. The number of aromatic hydroxyl groups is 1. The first-order chi connectivity index (χ1) is 22.4. The Hall–Kier alpha value is -5.03. The van der Waals surface area contributed by atoms with E-state index in [0.717, 1.165) is 15.9 Å². The molecule has 2 aliphatic carbocycles. The molecule has 0 bridgehead atoms. The summed E-state index contributed by atoms with van der Waals surface area (Å²) in [5.41, 5.74) is -0.321. The summed E-state index contributed by atoms with van der Waals surface area (Å²) in [5.74, 6) is -8.12. The van der Waals surface area contributed by atoms with Gasteiger partial charge in [0, 0.05) is 17.5 Å². The fourth-order valence-electron chi connectivity index (χ4n) is 8.16. The molecule has 4 amide bonds. The molecule has 2 saturated heterocycles. The van der Waals surface area contributed by atoms with Crippen LogP contribution in [0, 0.1) is 34.9 Å². The molecular weight excluding hydrogens is 631 g/mol. The molecule has 2 aliphatic heterocycles. The lowest BCUT2D eigenvalue weighted by molar-refractivity contribution is -0.131. The largest absolute Gasteiger partial charge is 0.508 e. The highest BCUT2D eigenvalue weighted by atomic mass is 35.5. The number of phenols is 1. The van der Waals surface area contributed by atoms with Gasteiger partial charge in [0.1, 0.15) is 17.3 Å². The lowest BCUT2D eigenvalue weighted by Crippen LogP contribution is -2.48. The Kier molecular flexibility index (Phi) is 7.01. The third kappa shape index (κ3) is 4.32. The predicted octanol–water partition coefficient (Wildman–Crippen LogP) is 5.33. The predicted molar refractivity (Wildman–Crippen MR) is 167 cm³/mol. The van der Waals surface area contributed by atoms with E-state index in [1.165, 1.54) is 49.6 Å². The number of nitrogens with zero attached hydrogens (tertiary/aromatic N) is 2. The average molecular weight is 659 g/mol. The molecule has 2 heterocycles. The van der Waals surface area contributed by atoms with Crippen LogP contribution < -0.4 is 14.5 Å². The maximum absolute atomic E-state index is 14.5. The van der Waals surface area contributed by atoms with Crippen LogP contribution in [0.25, 0.3) is 0 Å². The van der Waals surface area contributed by atoms with E-state index in [0.29, 0.717) is 16.9 Å². The number of rotatable bonds is 5. The molecule has 7 rings (SSSR count). The van der Waals surface area contributed by atoms with Crippen LogP contribution in [0.3, 0.4) is 0 Å². The second-order valence-electron chi connectivity index (χ2n) is 12.6. The van der Waals surface area contributed by atoms with Crippen molar-refractivity contribution < 1.29 is 43.3 Å². The van der Waals surface area contributed by atoms with Gasteiger partial charge in [-0.15, -0.1) is 0 Å². The van der Waals surface area contributed by atoms with Crippen LogP contribution in [0.4, 0.5) is 15.8 Å². The zero-order chi connectivity index (χ0) is 33.5. The van der Waals surface area contributed by atoms with E-state index in [9.17, 15) is 38.6 Å². The summed E-state index contributed by atoms with van der Waals surface area (Å²) in [7, 11) is 1.44. The van der Waals surface area contributed by atoms with Crippen LogP contribution in [0.5, 0.6) is 11.5 Å². The number of amides is 4. The number of benzene rings is 3. The normalized spacial score (nSPS) is 28.2. The Labute approximate surface area is 273 Å². The summed E-state index contributed by atoms with van der Waals surface area (Å²) in [6.07, 6.45) is 2.04. The first-order valence-corrected chi connectivity index (χ1v) is 15.4. The molecule has 0 radical (unpaired) electrons. The van der Waals surface area contributed by atoms with E-state index in [1.807, 2.05) is 6.08 Å². The fourth-order valence-corrected chi connectivity index (χ4v) is 8.33.